The number of β-amino-alcohol motifs (C(OH)–C–C–N with tert-alkyl or cyclic N) is 1. The lowest BCUT2D eigenvalue weighted by Crippen LogP contribution is -2.57. The van der Waals surface area contributed by atoms with Crippen molar-refractivity contribution in [3.63, 3.8) is 0 Å². The van der Waals surface area contributed by atoms with Gasteiger partial charge in [0.1, 0.15) is 11.6 Å². The predicted molar refractivity (Wildman–Crippen MR) is 157 cm³/mol. The molecule has 2 aromatic rings. The maximum absolute atomic E-state index is 14.5. The summed E-state index contributed by atoms with van der Waals surface area (Å²) in [5.74, 6) is -2.48. The second kappa shape index (κ2) is 11.8. The molecule has 1 spiro atoms. The number of nitrogens with zero attached hydrogens (tertiary/aromatic N) is 3. The number of rotatable bonds is 11. The molecule has 3 aliphatic rings. The number of amides is 3. The van der Waals surface area contributed by atoms with Crippen molar-refractivity contribution in [3.05, 3.63) is 90.0 Å². The Morgan fingerprint density at radius 3 is 2.51 bits per heavy atom. The van der Waals surface area contributed by atoms with Gasteiger partial charge in [0.2, 0.25) is 11.8 Å². The fourth-order valence-corrected chi connectivity index (χ4v) is 7.32. The van der Waals surface area contributed by atoms with Gasteiger partial charge in [-0.15, -0.1) is 13.2 Å². The SMILES string of the molecule is C=CCN(Cc1ccccc1)C(=O)[C@@H]1[C@H]2C(=O)N(CCO)C(C(=O)N(CC=C)c3c(C)cccc3Cl)C23CC[C@H]1O3. The summed E-state index contributed by atoms with van der Waals surface area (Å²) in [5.41, 5.74) is 1.11. The average Bonchev–Trinajstić information content (AvgIpc) is 3.60. The van der Waals surface area contributed by atoms with Crippen molar-refractivity contribution < 1.29 is 24.2 Å². The monoisotopic (exact) mass is 577 g/mol. The van der Waals surface area contributed by atoms with Crippen molar-refractivity contribution in [2.24, 2.45) is 11.8 Å². The molecule has 3 amide bonds. The molecule has 2 unspecified atom stereocenters. The minimum atomic E-state index is -1.19. The largest absolute Gasteiger partial charge is 0.395 e. The molecule has 8 nitrogen and oxygen atoms in total. The van der Waals surface area contributed by atoms with Crippen LogP contribution >= 0.6 is 11.6 Å². The number of aryl methyl sites for hydroxylation is 1. The molecule has 9 heteroatoms. The Bertz CT molecular complexity index is 1330. The molecule has 0 radical (unpaired) electrons. The van der Waals surface area contributed by atoms with Crippen LogP contribution in [0.15, 0.2) is 73.8 Å². The molecular weight excluding hydrogens is 542 g/mol. The molecule has 3 aliphatic heterocycles. The molecule has 0 aromatic heterocycles. The number of benzene rings is 2. The molecule has 1 N–H and O–H groups in total. The highest BCUT2D eigenvalue weighted by Gasteiger charge is 2.74. The number of aliphatic hydroxyl groups excluding tert-OH is 1. The number of fused-ring (bicyclic) bond motifs is 1. The number of carbonyl (C=O) groups is 3. The fourth-order valence-electron chi connectivity index (χ4n) is 7.00. The Morgan fingerprint density at radius 2 is 1.85 bits per heavy atom. The highest BCUT2D eigenvalue weighted by Crippen LogP contribution is 2.59. The van der Waals surface area contributed by atoms with Crippen molar-refractivity contribution in [2.45, 2.75) is 44.1 Å². The van der Waals surface area contributed by atoms with Gasteiger partial charge in [0.05, 0.1) is 35.3 Å². The number of aliphatic hydroxyl groups is 1. The van der Waals surface area contributed by atoms with E-state index in [0.29, 0.717) is 36.6 Å². The summed E-state index contributed by atoms with van der Waals surface area (Å²) in [5, 5.41) is 10.3. The molecule has 3 heterocycles. The first-order valence-electron chi connectivity index (χ1n) is 14.0. The Balaban J connectivity index is 1.53. The lowest BCUT2D eigenvalue weighted by molar-refractivity contribution is -0.145. The maximum atomic E-state index is 14.5. The van der Waals surface area contributed by atoms with E-state index in [0.717, 1.165) is 11.1 Å². The van der Waals surface area contributed by atoms with Gasteiger partial charge in [-0.1, -0.05) is 66.2 Å². The number of likely N-dealkylation sites (tertiary alicyclic amines) is 1. The van der Waals surface area contributed by atoms with Gasteiger partial charge < -0.3 is 24.5 Å². The Hall–Kier alpha value is -3.46. The molecule has 5 rings (SSSR count). The van der Waals surface area contributed by atoms with Crippen LogP contribution in [-0.4, -0.2) is 76.6 Å². The number of carbonyl (C=O) groups excluding carboxylic acids is 3. The maximum Gasteiger partial charge on any atom is 0.253 e. The Labute approximate surface area is 245 Å². The van der Waals surface area contributed by atoms with Crippen molar-refractivity contribution >= 4 is 35.0 Å². The van der Waals surface area contributed by atoms with Crippen LogP contribution in [0.1, 0.15) is 24.0 Å². The van der Waals surface area contributed by atoms with E-state index >= 15 is 0 Å². The van der Waals surface area contributed by atoms with Gasteiger partial charge in [-0.2, -0.15) is 0 Å². The standard InChI is InChI=1S/C32H36ClN3O5/c1-4-16-34(20-22-11-7-6-8-12-22)29(38)25-24-14-15-32(41-24)26(25)30(39)36(18-19-37)28(32)31(40)35(17-5-2)27-21(3)10-9-13-23(27)33/h4-13,24-26,28,37H,1-2,14-20H2,3H3/t24-,25+,26+,28?,32?/m1/s1. The first-order valence-corrected chi connectivity index (χ1v) is 14.4. The second-order valence-electron chi connectivity index (χ2n) is 10.9. The fraction of sp³-hybridized carbons (Fsp3) is 0.406. The van der Waals surface area contributed by atoms with E-state index in [4.69, 9.17) is 16.3 Å². The van der Waals surface area contributed by atoms with Gasteiger partial charge in [0.15, 0.2) is 0 Å². The van der Waals surface area contributed by atoms with Crippen LogP contribution in [-0.2, 0) is 25.7 Å². The van der Waals surface area contributed by atoms with Gasteiger partial charge in [0.25, 0.3) is 5.91 Å². The van der Waals surface area contributed by atoms with Gasteiger partial charge in [-0.3, -0.25) is 14.4 Å². The highest BCUT2D eigenvalue weighted by atomic mass is 35.5. The van der Waals surface area contributed by atoms with E-state index < -0.39 is 29.6 Å². The van der Waals surface area contributed by atoms with Crippen LogP contribution < -0.4 is 4.90 Å². The molecule has 216 valence electrons. The minimum absolute atomic E-state index is 0.0494. The first-order chi connectivity index (χ1) is 19.8. The third-order valence-electron chi connectivity index (χ3n) is 8.57. The van der Waals surface area contributed by atoms with Gasteiger partial charge >= 0.3 is 0 Å². The highest BCUT2D eigenvalue weighted by molar-refractivity contribution is 6.34. The van der Waals surface area contributed by atoms with E-state index in [2.05, 4.69) is 13.2 Å². The summed E-state index contributed by atoms with van der Waals surface area (Å²) in [6.07, 6.45) is 3.81. The lowest BCUT2D eigenvalue weighted by atomic mass is 9.70. The van der Waals surface area contributed by atoms with Crippen molar-refractivity contribution in [2.75, 3.05) is 31.1 Å². The van der Waals surface area contributed by atoms with E-state index in [1.807, 2.05) is 49.4 Å². The van der Waals surface area contributed by atoms with Crippen LogP contribution in [0.4, 0.5) is 5.69 Å². The number of para-hydroxylation sites is 1. The topological polar surface area (TPSA) is 90.4 Å². The van der Waals surface area contributed by atoms with Crippen LogP contribution in [0, 0.1) is 18.8 Å². The molecule has 2 bridgehead atoms. The van der Waals surface area contributed by atoms with Crippen molar-refractivity contribution in [3.8, 4) is 0 Å². The van der Waals surface area contributed by atoms with E-state index in [1.165, 1.54) is 9.80 Å². The number of halogens is 1. The van der Waals surface area contributed by atoms with E-state index in [1.54, 1.807) is 23.1 Å². The first kappa shape index (κ1) is 29.0. The third-order valence-corrected chi connectivity index (χ3v) is 8.88. The molecule has 5 atom stereocenters. The molecule has 2 aromatic carbocycles. The Morgan fingerprint density at radius 1 is 1.12 bits per heavy atom. The molecule has 3 fully saturated rings. The quantitative estimate of drug-likeness (QED) is 0.411. The smallest absolute Gasteiger partial charge is 0.253 e. The normalized spacial score (nSPS) is 26.1. The zero-order valence-electron chi connectivity index (χ0n) is 23.2. The van der Waals surface area contributed by atoms with Crippen LogP contribution in [0.2, 0.25) is 5.02 Å². The zero-order chi connectivity index (χ0) is 29.3. The lowest BCUT2D eigenvalue weighted by Gasteiger charge is -2.37. The summed E-state index contributed by atoms with van der Waals surface area (Å²) in [6, 6.07) is 14.0. The van der Waals surface area contributed by atoms with Gasteiger partial charge in [-0.25, -0.2) is 0 Å². The van der Waals surface area contributed by atoms with Gasteiger partial charge in [-0.05, 0) is 37.0 Å². The van der Waals surface area contributed by atoms with Crippen molar-refractivity contribution in [1.29, 1.82) is 0 Å². The number of hydrogen-bond acceptors (Lipinski definition) is 5. The summed E-state index contributed by atoms with van der Waals surface area (Å²) >= 11 is 6.58. The molecule has 41 heavy (non-hydrogen) atoms. The Kier molecular flexibility index (Phi) is 8.36. The predicted octanol–water partition coefficient (Wildman–Crippen LogP) is 3.75. The second-order valence-corrected chi connectivity index (χ2v) is 11.4. The van der Waals surface area contributed by atoms with Crippen molar-refractivity contribution in [1.82, 2.24) is 9.80 Å². The number of hydrogen-bond donors (Lipinski definition) is 1. The van der Waals surface area contributed by atoms with E-state index in [-0.39, 0.29) is 37.4 Å². The van der Waals surface area contributed by atoms with Crippen LogP contribution in [0.5, 0.6) is 0 Å². The summed E-state index contributed by atoms with van der Waals surface area (Å²) in [4.78, 5) is 47.4. The molecular formula is C32H36ClN3O5. The van der Waals surface area contributed by atoms with E-state index in [9.17, 15) is 19.5 Å². The van der Waals surface area contributed by atoms with Crippen LogP contribution in [0.3, 0.4) is 0 Å². The zero-order valence-corrected chi connectivity index (χ0v) is 24.0. The van der Waals surface area contributed by atoms with Gasteiger partial charge in [0, 0.05) is 26.2 Å². The number of anilines is 1. The summed E-state index contributed by atoms with van der Waals surface area (Å²) < 4.78 is 6.58. The summed E-state index contributed by atoms with van der Waals surface area (Å²) in [7, 11) is 0. The molecule has 0 aliphatic carbocycles. The third kappa shape index (κ3) is 4.88. The molecule has 0 saturated carbocycles. The summed E-state index contributed by atoms with van der Waals surface area (Å²) in [6.45, 7) is 10.00. The average molecular weight is 578 g/mol. The number of ether oxygens (including phenoxy) is 1. The molecule has 3 saturated heterocycles. The van der Waals surface area contributed by atoms with Crippen LogP contribution in [0.25, 0.3) is 0 Å². The minimum Gasteiger partial charge on any atom is -0.395 e.